The molecule has 0 saturated heterocycles. The first-order valence-corrected chi connectivity index (χ1v) is 24.3. The van der Waals surface area contributed by atoms with E-state index in [1.165, 1.54) is 57.8 Å². The molecule has 9 heteroatoms. The van der Waals surface area contributed by atoms with Crippen molar-refractivity contribution in [1.29, 1.82) is 0 Å². The Kier molecular flexibility index (Phi) is 39.8. The molecule has 0 aliphatic heterocycles. The van der Waals surface area contributed by atoms with Crippen molar-refractivity contribution < 1.29 is 37.3 Å². The number of esters is 1. The van der Waals surface area contributed by atoms with Gasteiger partial charge >= 0.3 is 13.8 Å². The van der Waals surface area contributed by atoms with Crippen LogP contribution in [0.15, 0.2) is 85.1 Å². The number of hydrogen-bond acceptors (Lipinski definition) is 6. The standard InChI is InChI=1S/C49H86NO7P/c1-6-8-10-12-14-16-18-19-20-21-22-23-24-25-26-27-28-29-30-31-32-34-36-38-40-42-49(51)57-48(47-56-58(52,53)55-45-43-50(3,4)5)46-54-44-41-39-37-35-33-17-15-13-11-9-7-2/h8,10-11,13-14,16,19-20,22-23,25-26,28-29,48H,6-7,9,12,15,17-18,21,24,27,30-47H2,1-5H3/p+1/b10-8-,13-11-,16-14-,20-19-,23-22-,26-25-,29-28-. The van der Waals surface area contributed by atoms with Crippen LogP contribution in [0.3, 0.4) is 0 Å². The van der Waals surface area contributed by atoms with E-state index in [1.54, 1.807) is 0 Å². The lowest BCUT2D eigenvalue weighted by Gasteiger charge is -2.24. The molecule has 0 aliphatic rings. The maximum atomic E-state index is 12.7. The molecule has 0 spiro atoms. The zero-order valence-corrected chi connectivity index (χ0v) is 38.6. The summed E-state index contributed by atoms with van der Waals surface area (Å²) < 4.78 is 34.9. The lowest BCUT2D eigenvalue weighted by Crippen LogP contribution is -2.37. The van der Waals surface area contributed by atoms with Crippen LogP contribution in [-0.2, 0) is 27.9 Å². The Morgan fingerprint density at radius 1 is 0.552 bits per heavy atom. The summed E-state index contributed by atoms with van der Waals surface area (Å²) in [6.07, 6.45) is 54.8. The van der Waals surface area contributed by atoms with Crippen LogP contribution in [0.2, 0.25) is 0 Å². The van der Waals surface area contributed by atoms with Crippen molar-refractivity contribution >= 4 is 13.8 Å². The third-order valence-electron chi connectivity index (χ3n) is 9.17. The van der Waals surface area contributed by atoms with Gasteiger partial charge in [0.25, 0.3) is 0 Å². The van der Waals surface area contributed by atoms with Crippen LogP contribution < -0.4 is 0 Å². The molecule has 0 aromatic rings. The second-order valence-corrected chi connectivity index (χ2v) is 17.5. The van der Waals surface area contributed by atoms with Crippen LogP contribution in [0.4, 0.5) is 0 Å². The van der Waals surface area contributed by atoms with E-state index in [9.17, 15) is 14.3 Å². The maximum Gasteiger partial charge on any atom is 0.472 e. The monoisotopic (exact) mass is 833 g/mol. The van der Waals surface area contributed by atoms with Gasteiger partial charge in [0.05, 0.1) is 34.4 Å². The molecule has 0 bridgehead atoms. The number of phosphoric ester groups is 1. The number of carbonyl (C=O) groups is 1. The molecule has 0 aliphatic carbocycles. The fourth-order valence-corrected chi connectivity index (χ4v) is 6.42. The molecule has 58 heavy (non-hydrogen) atoms. The second-order valence-electron chi connectivity index (χ2n) is 16.0. The maximum absolute atomic E-state index is 12.7. The number of ether oxygens (including phenoxy) is 2. The fourth-order valence-electron chi connectivity index (χ4n) is 5.67. The van der Waals surface area contributed by atoms with Gasteiger partial charge < -0.3 is 18.9 Å². The van der Waals surface area contributed by atoms with E-state index in [4.69, 9.17) is 18.5 Å². The topological polar surface area (TPSA) is 91.3 Å². The average molecular weight is 833 g/mol. The minimum Gasteiger partial charge on any atom is -0.457 e. The molecule has 2 atom stereocenters. The van der Waals surface area contributed by atoms with Gasteiger partial charge in [-0.3, -0.25) is 13.8 Å². The summed E-state index contributed by atoms with van der Waals surface area (Å²) in [6.45, 7) is 5.39. The van der Waals surface area contributed by atoms with Gasteiger partial charge in [-0.25, -0.2) is 4.57 Å². The van der Waals surface area contributed by atoms with Crippen LogP contribution in [0, 0.1) is 0 Å². The Bertz CT molecular complexity index is 1200. The van der Waals surface area contributed by atoms with Gasteiger partial charge in [0.15, 0.2) is 0 Å². The molecule has 0 radical (unpaired) electrons. The third kappa shape index (κ3) is 44.8. The van der Waals surface area contributed by atoms with Gasteiger partial charge in [-0.1, -0.05) is 157 Å². The van der Waals surface area contributed by atoms with Crippen molar-refractivity contribution in [2.24, 2.45) is 0 Å². The van der Waals surface area contributed by atoms with Gasteiger partial charge in [0, 0.05) is 13.0 Å². The Morgan fingerprint density at radius 3 is 1.52 bits per heavy atom. The van der Waals surface area contributed by atoms with Crippen LogP contribution in [0.25, 0.3) is 0 Å². The SMILES string of the molecule is CC/C=C\C/C=C\C/C=C\C/C=C\C/C=C\C/C=C\CCCCCCCCC(=O)OC(COCCCCCCCC/C=C\CCC)COP(=O)(O)OCC[N+](C)(C)C. The first-order valence-electron chi connectivity index (χ1n) is 22.8. The Balaban J connectivity index is 4.21. The summed E-state index contributed by atoms with van der Waals surface area (Å²) in [5, 5.41) is 0. The van der Waals surface area contributed by atoms with E-state index in [2.05, 4.69) is 98.9 Å². The lowest BCUT2D eigenvalue weighted by molar-refractivity contribution is -0.870. The second kappa shape index (κ2) is 41.4. The molecule has 0 aromatic heterocycles. The van der Waals surface area contributed by atoms with Crippen molar-refractivity contribution in [3.05, 3.63) is 85.1 Å². The zero-order chi connectivity index (χ0) is 42.7. The van der Waals surface area contributed by atoms with E-state index in [-0.39, 0.29) is 25.8 Å². The lowest BCUT2D eigenvalue weighted by atomic mass is 10.1. The summed E-state index contributed by atoms with van der Waals surface area (Å²) in [7, 11) is 1.64. The largest absolute Gasteiger partial charge is 0.472 e. The van der Waals surface area contributed by atoms with E-state index in [1.807, 2.05) is 21.1 Å². The summed E-state index contributed by atoms with van der Waals surface area (Å²) >= 11 is 0. The molecule has 0 heterocycles. The number of allylic oxidation sites excluding steroid dienone is 14. The van der Waals surface area contributed by atoms with Crippen LogP contribution in [-0.4, -0.2) is 75.6 Å². The predicted molar refractivity (Wildman–Crippen MR) is 247 cm³/mol. The van der Waals surface area contributed by atoms with Gasteiger partial charge in [-0.2, -0.15) is 0 Å². The Labute approximate surface area is 356 Å². The normalized spacial score (nSPS) is 14.5. The Hall–Kier alpha value is -2.32. The van der Waals surface area contributed by atoms with Crippen molar-refractivity contribution in [3.8, 4) is 0 Å². The summed E-state index contributed by atoms with van der Waals surface area (Å²) in [5.74, 6) is -0.335. The van der Waals surface area contributed by atoms with Crippen molar-refractivity contribution in [1.82, 2.24) is 0 Å². The van der Waals surface area contributed by atoms with Gasteiger partial charge in [-0.15, -0.1) is 0 Å². The highest BCUT2D eigenvalue weighted by Gasteiger charge is 2.26. The number of nitrogens with zero attached hydrogens (tertiary/aromatic N) is 1. The van der Waals surface area contributed by atoms with Crippen molar-refractivity contribution in [2.75, 3.05) is 54.1 Å². The molecular weight excluding hydrogens is 746 g/mol. The summed E-state index contributed by atoms with van der Waals surface area (Å²) in [6, 6.07) is 0. The molecule has 1 N–H and O–H groups in total. The van der Waals surface area contributed by atoms with Gasteiger partial charge in [-0.05, 0) is 83.5 Å². The number of phosphoric acid groups is 1. The molecular formula is C49H87NO7P+. The number of quaternary nitrogens is 1. The van der Waals surface area contributed by atoms with E-state index < -0.39 is 13.9 Å². The zero-order valence-electron chi connectivity index (χ0n) is 37.8. The Morgan fingerprint density at radius 2 is 1.00 bits per heavy atom. The molecule has 0 fully saturated rings. The number of unbranched alkanes of at least 4 members (excludes halogenated alkanes) is 13. The minimum atomic E-state index is -4.28. The van der Waals surface area contributed by atoms with Crippen molar-refractivity contribution in [2.45, 2.75) is 168 Å². The predicted octanol–water partition coefficient (Wildman–Crippen LogP) is 13.7. The highest BCUT2D eigenvalue weighted by atomic mass is 31.2. The third-order valence-corrected chi connectivity index (χ3v) is 10.2. The van der Waals surface area contributed by atoms with Crippen LogP contribution in [0.5, 0.6) is 0 Å². The number of rotatable bonds is 41. The quantitative estimate of drug-likeness (QED) is 0.0216. The fraction of sp³-hybridized carbons (Fsp3) is 0.694. The number of carbonyl (C=O) groups excluding carboxylic acids is 1. The average Bonchev–Trinajstić information content (AvgIpc) is 3.18. The van der Waals surface area contributed by atoms with Crippen LogP contribution >= 0.6 is 7.82 Å². The first kappa shape index (κ1) is 55.7. The molecule has 8 nitrogen and oxygen atoms in total. The number of hydrogen-bond donors (Lipinski definition) is 1. The molecule has 0 aromatic carbocycles. The molecule has 0 amide bonds. The van der Waals surface area contributed by atoms with E-state index in [0.717, 1.165) is 83.5 Å². The van der Waals surface area contributed by atoms with Gasteiger partial charge in [0.2, 0.25) is 0 Å². The summed E-state index contributed by atoms with van der Waals surface area (Å²) in [5.41, 5.74) is 0. The van der Waals surface area contributed by atoms with Crippen LogP contribution in [0.1, 0.15) is 162 Å². The van der Waals surface area contributed by atoms with E-state index >= 15 is 0 Å². The highest BCUT2D eigenvalue weighted by molar-refractivity contribution is 7.47. The molecule has 0 saturated carbocycles. The molecule has 2 unspecified atom stereocenters. The van der Waals surface area contributed by atoms with Gasteiger partial charge in [0.1, 0.15) is 19.3 Å². The molecule has 0 rings (SSSR count). The molecule has 334 valence electrons. The summed E-state index contributed by atoms with van der Waals surface area (Å²) in [4.78, 5) is 22.9. The number of likely N-dealkylation sites (N-methyl/N-ethyl adjacent to an activating group) is 1. The highest BCUT2D eigenvalue weighted by Crippen LogP contribution is 2.43. The smallest absolute Gasteiger partial charge is 0.457 e. The van der Waals surface area contributed by atoms with Crippen molar-refractivity contribution in [3.63, 3.8) is 0 Å². The van der Waals surface area contributed by atoms with E-state index in [0.29, 0.717) is 24.1 Å². The minimum absolute atomic E-state index is 0.0797. The first-order chi connectivity index (χ1) is 28.1.